The molecule has 0 amide bonds. The third-order valence-electron chi connectivity index (χ3n) is 3.20. The molecule has 2 rings (SSSR count). The summed E-state index contributed by atoms with van der Waals surface area (Å²) < 4.78 is 25.8. The summed E-state index contributed by atoms with van der Waals surface area (Å²) in [6.07, 6.45) is 7.49. The molecule has 4 nitrogen and oxygen atoms in total. The van der Waals surface area contributed by atoms with Crippen LogP contribution in [0.25, 0.3) is 0 Å². The van der Waals surface area contributed by atoms with Gasteiger partial charge in [-0.2, -0.15) is 4.31 Å². The van der Waals surface area contributed by atoms with E-state index < -0.39 is 10.0 Å². The molecule has 0 atom stereocenters. The minimum absolute atomic E-state index is 0.0423. The third-order valence-corrected chi connectivity index (χ3v) is 5.37. The molecule has 0 unspecified atom stereocenters. The minimum atomic E-state index is -3.56. The topological polar surface area (TPSA) is 49.4 Å². The maximum Gasteiger partial charge on any atom is 0.243 e. The van der Waals surface area contributed by atoms with E-state index >= 15 is 0 Å². The van der Waals surface area contributed by atoms with E-state index in [0.717, 1.165) is 9.87 Å². The Morgan fingerprint density at radius 1 is 1.50 bits per heavy atom. The number of rotatable bonds is 6. The summed E-state index contributed by atoms with van der Waals surface area (Å²) in [6, 6.07) is 5.27. The average Bonchev–Trinajstić information content (AvgIpc) is 3.22. The first-order valence-corrected chi connectivity index (χ1v) is 8.18. The first-order chi connectivity index (χ1) is 9.45. The maximum atomic E-state index is 12.3. The second kappa shape index (κ2) is 6.15. The number of terminal acetylenes is 1. The van der Waals surface area contributed by atoms with Crippen LogP contribution in [0.5, 0.6) is 0 Å². The van der Waals surface area contributed by atoms with Gasteiger partial charge in [0.05, 0.1) is 11.4 Å². The van der Waals surface area contributed by atoms with Crippen LogP contribution in [-0.4, -0.2) is 32.4 Å². The van der Waals surface area contributed by atoms with E-state index in [4.69, 9.17) is 18.0 Å². The van der Waals surface area contributed by atoms with Gasteiger partial charge in [0.1, 0.15) is 0 Å². The van der Waals surface area contributed by atoms with Gasteiger partial charge in [-0.15, -0.1) is 6.42 Å². The van der Waals surface area contributed by atoms with Gasteiger partial charge < -0.3 is 5.32 Å². The molecule has 0 heterocycles. The summed E-state index contributed by atoms with van der Waals surface area (Å²) in [5.41, 5.74) is 0.786. The van der Waals surface area contributed by atoms with Gasteiger partial charge in [-0.25, -0.2) is 8.42 Å². The molecule has 0 aromatic heterocycles. The van der Waals surface area contributed by atoms with Gasteiger partial charge in [0.2, 0.25) is 10.0 Å². The monoisotopic (exact) mass is 312 g/mol. The first kappa shape index (κ1) is 15.3. The van der Waals surface area contributed by atoms with Crippen molar-refractivity contribution in [2.45, 2.75) is 30.3 Å². The van der Waals surface area contributed by atoms with Crippen LogP contribution < -0.4 is 5.32 Å². The van der Waals surface area contributed by atoms with E-state index in [-0.39, 0.29) is 11.4 Å². The third kappa shape index (κ3) is 3.53. The molecule has 108 valence electrons. The summed E-state index contributed by atoms with van der Waals surface area (Å²) in [7, 11) is -2.09. The molecule has 6 heteroatoms. The molecular weight excluding hydrogens is 296 g/mol. The lowest BCUT2D eigenvalue weighted by Gasteiger charge is -2.15. The minimum Gasteiger partial charge on any atom is -0.310 e. The zero-order valence-corrected chi connectivity index (χ0v) is 12.8. The first-order valence-electron chi connectivity index (χ1n) is 6.36. The smallest absolute Gasteiger partial charge is 0.243 e. The van der Waals surface area contributed by atoms with Crippen LogP contribution in [0.2, 0.25) is 5.02 Å². The predicted octanol–water partition coefficient (Wildman–Crippen LogP) is 1.85. The summed E-state index contributed by atoms with van der Waals surface area (Å²) in [4.78, 5) is 0.215. The normalized spacial score (nSPS) is 15.3. The molecule has 0 aliphatic heterocycles. The fraction of sp³-hybridized carbons (Fsp3) is 0.429. The van der Waals surface area contributed by atoms with E-state index in [9.17, 15) is 8.42 Å². The molecule has 1 aliphatic carbocycles. The van der Waals surface area contributed by atoms with Gasteiger partial charge in [-0.05, 0) is 36.6 Å². The SMILES string of the molecule is C#CCN(C)S(=O)(=O)c1ccc(Cl)c(CNC2CC2)c1. The van der Waals surface area contributed by atoms with Gasteiger partial charge in [-0.3, -0.25) is 0 Å². The number of nitrogens with zero attached hydrogens (tertiary/aromatic N) is 1. The number of hydrogen-bond acceptors (Lipinski definition) is 3. The molecule has 1 saturated carbocycles. The predicted molar refractivity (Wildman–Crippen MR) is 80.0 cm³/mol. The molecule has 20 heavy (non-hydrogen) atoms. The van der Waals surface area contributed by atoms with E-state index in [1.54, 1.807) is 12.1 Å². The zero-order chi connectivity index (χ0) is 14.8. The van der Waals surface area contributed by atoms with E-state index in [1.165, 1.54) is 26.0 Å². The Labute approximate surface area is 125 Å². The molecule has 1 aromatic carbocycles. The Balaban J connectivity index is 2.23. The molecule has 1 N–H and O–H groups in total. The quantitative estimate of drug-likeness (QED) is 0.816. The lowest BCUT2D eigenvalue weighted by Crippen LogP contribution is -2.27. The molecule has 1 fully saturated rings. The fourth-order valence-electron chi connectivity index (χ4n) is 1.78. The molecule has 0 saturated heterocycles. The highest BCUT2D eigenvalue weighted by atomic mass is 35.5. The lowest BCUT2D eigenvalue weighted by atomic mass is 10.2. The Morgan fingerprint density at radius 2 is 2.20 bits per heavy atom. The number of halogens is 1. The van der Waals surface area contributed by atoms with Crippen molar-refractivity contribution in [3.8, 4) is 12.3 Å². The Morgan fingerprint density at radius 3 is 2.80 bits per heavy atom. The summed E-state index contributed by atoms with van der Waals surface area (Å²) in [5, 5.41) is 3.89. The van der Waals surface area contributed by atoms with Crippen LogP contribution >= 0.6 is 11.6 Å². The summed E-state index contributed by atoms with van der Waals surface area (Å²) in [5.74, 6) is 2.33. The van der Waals surface area contributed by atoms with Crippen molar-refractivity contribution >= 4 is 21.6 Å². The van der Waals surface area contributed by atoms with Crippen molar-refractivity contribution < 1.29 is 8.42 Å². The highest BCUT2D eigenvalue weighted by Crippen LogP contribution is 2.24. The van der Waals surface area contributed by atoms with E-state index in [0.29, 0.717) is 17.6 Å². The van der Waals surface area contributed by atoms with Crippen LogP contribution in [-0.2, 0) is 16.6 Å². The van der Waals surface area contributed by atoms with Crippen LogP contribution in [0.1, 0.15) is 18.4 Å². The van der Waals surface area contributed by atoms with Crippen molar-refractivity contribution in [3.05, 3.63) is 28.8 Å². The Bertz CT molecular complexity index is 633. The molecule has 1 aromatic rings. The summed E-state index contributed by atoms with van der Waals surface area (Å²) >= 11 is 6.11. The second-order valence-corrected chi connectivity index (χ2v) is 7.33. The lowest BCUT2D eigenvalue weighted by molar-refractivity contribution is 0.503. The number of benzene rings is 1. The van der Waals surface area contributed by atoms with E-state index in [2.05, 4.69) is 11.2 Å². The Hall–Kier alpha value is -1.06. The van der Waals surface area contributed by atoms with E-state index in [1.807, 2.05) is 0 Å². The number of sulfonamides is 1. The maximum absolute atomic E-state index is 12.3. The van der Waals surface area contributed by atoms with Crippen LogP contribution in [0, 0.1) is 12.3 Å². The fourth-order valence-corrected chi connectivity index (χ4v) is 3.10. The van der Waals surface area contributed by atoms with Gasteiger partial charge in [-0.1, -0.05) is 17.5 Å². The van der Waals surface area contributed by atoms with Crippen molar-refractivity contribution in [1.29, 1.82) is 0 Å². The number of nitrogens with one attached hydrogen (secondary N) is 1. The molecular formula is C14H17ClN2O2S. The number of hydrogen-bond donors (Lipinski definition) is 1. The molecule has 0 spiro atoms. The summed E-state index contributed by atoms with van der Waals surface area (Å²) in [6.45, 7) is 0.617. The highest BCUT2D eigenvalue weighted by molar-refractivity contribution is 7.89. The van der Waals surface area contributed by atoms with Gasteiger partial charge in [0, 0.05) is 24.7 Å². The van der Waals surface area contributed by atoms with Crippen molar-refractivity contribution in [2.75, 3.05) is 13.6 Å². The van der Waals surface area contributed by atoms with Crippen molar-refractivity contribution in [1.82, 2.24) is 9.62 Å². The van der Waals surface area contributed by atoms with Gasteiger partial charge in [0.25, 0.3) is 0 Å². The largest absolute Gasteiger partial charge is 0.310 e. The van der Waals surface area contributed by atoms with Gasteiger partial charge >= 0.3 is 0 Å². The molecule has 1 aliphatic rings. The second-order valence-electron chi connectivity index (χ2n) is 4.87. The van der Waals surface area contributed by atoms with Gasteiger partial charge in [0.15, 0.2) is 0 Å². The standard InChI is InChI=1S/C14H17ClN2O2S/c1-3-8-17(2)20(18,19)13-6-7-14(15)11(9-13)10-16-12-4-5-12/h1,6-7,9,12,16H,4-5,8,10H2,2H3. The average molecular weight is 313 g/mol. The molecule has 0 radical (unpaired) electrons. The highest BCUT2D eigenvalue weighted by Gasteiger charge is 2.23. The molecule has 0 bridgehead atoms. The van der Waals surface area contributed by atoms with Crippen LogP contribution in [0.3, 0.4) is 0 Å². The Kier molecular flexibility index (Phi) is 4.71. The van der Waals surface area contributed by atoms with Crippen LogP contribution in [0.4, 0.5) is 0 Å². The van der Waals surface area contributed by atoms with Crippen molar-refractivity contribution in [3.63, 3.8) is 0 Å². The van der Waals surface area contributed by atoms with Crippen molar-refractivity contribution in [2.24, 2.45) is 0 Å². The zero-order valence-electron chi connectivity index (χ0n) is 11.3. The van der Waals surface area contributed by atoms with Crippen LogP contribution in [0.15, 0.2) is 23.1 Å².